The molecule has 0 fully saturated rings. The number of benzene rings is 2. The molecule has 2 aromatic rings. The Hall–Kier alpha value is -2.76. The Morgan fingerprint density at radius 1 is 0.540 bits per heavy atom. The molecule has 2 N–H and O–H groups in total. The van der Waals surface area contributed by atoms with Crippen LogP contribution < -0.4 is 15.7 Å². The summed E-state index contributed by atoms with van der Waals surface area (Å²) >= 11 is 0. The minimum absolute atomic E-state index is 0.0663. The second-order valence-corrected chi connectivity index (χ2v) is 16.3. The van der Waals surface area contributed by atoms with Gasteiger partial charge >= 0.3 is 5.97 Å². The van der Waals surface area contributed by atoms with E-state index in [1.807, 2.05) is 12.1 Å². The van der Waals surface area contributed by atoms with Crippen LogP contribution in [0.1, 0.15) is 20.8 Å². The number of carbonyl (C=O) groups excluding carboxylic acids is 1. The first-order chi connectivity index (χ1) is 24.3. The topological polar surface area (TPSA) is 149 Å². The fourth-order valence-electron chi connectivity index (χ4n) is 4.98. The van der Waals surface area contributed by atoms with Gasteiger partial charge < -0.3 is 52.7 Å². The van der Waals surface area contributed by atoms with Crippen LogP contribution in [0.15, 0.2) is 60.7 Å². The SMILES string of the molecule is CC(C)(C)[Si](OCCOCCOCCOCCOCCOCCOCCOCCNC(=O)COCC(=O)O)(c1ccccc1)c1ccccc1. The molecule has 0 unspecified atom stereocenters. The Kier molecular flexibility index (Phi) is 23.4. The van der Waals surface area contributed by atoms with E-state index in [1.54, 1.807) is 0 Å². The van der Waals surface area contributed by atoms with Crippen molar-refractivity contribution in [2.24, 2.45) is 0 Å². The van der Waals surface area contributed by atoms with Crippen LogP contribution in [-0.2, 0) is 51.9 Å². The maximum Gasteiger partial charge on any atom is 0.329 e. The van der Waals surface area contributed by atoms with E-state index in [0.29, 0.717) is 106 Å². The summed E-state index contributed by atoms with van der Waals surface area (Å²) in [6.45, 7) is 13.1. The number of amides is 1. The molecule has 0 bridgehead atoms. The fourth-order valence-corrected chi connectivity index (χ4v) is 9.53. The van der Waals surface area contributed by atoms with Crippen molar-refractivity contribution in [3.63, 3.8) is 0 Å². The van der Waals surface area contributed by atoms with Gasteiger partial charge in [-0.3, -0.25) is 4.79 Å². The number of carbonyl (C=O) groups is 2. The van der Waals surface area contributed by atoms with E-state index in [2.05, 4.69) is 79.4 Å². The van der Waals surface area contributed by atoms with E-state index < -0.39 is 26.8 Å². The second-order valence-electron chi connectivity index (χ2n) is 12.0. The molecular weight excluding hydrogens is 666 g/mol. The minimum atomic E-state index is -2.55. The monoisotopic (exact) mass is 723 g/mol. The molecule has 2 rings (SSSR count). The molecule has 1 amide bonds. The number of aliphatic carboxylic acids is 1. The molecule has 282 valence electrons. The van der Waals surface area contributed by atoms with Gasteiger partial charge in [0, 0.05) is 6.54 Å². The Labute approximate surface area is 297 Å². The van der Waals surface area contributed by atoms with Gasteiger partial charge in [0.15, 0.2) is 0 Å². The Balaban J connectivity index is 1.36. The number of rotatable bonds is 31. The van der Waals surface area contributed by atoms with Crippen LogP contribution in [0.3, 0.4) is 0 Å². The quantitative estimate of drug-likeness (QED) is 0.0865. The van der Waals surface area contributed by atoms with Gasteiger partial charge in [-0.1, -0.05) is 81.4 Å². The smallest absolute Gasteiger partial charge is 0.329 e. The molecule has 0 heterocycles. The van der Waals surface area contributed by atoms with Crippen LogP contribution in [0.2, 0.25) is 5.04 Å². The normalized spacial score (nSPS) is 11.9. The molecule has 0 aliphatic heterocycles. The van der Waals surface area contributed by atoms with Crippen LogP contribution >= 0.6 is 0 Å². The largest absolute Gasteiger partial charge is 0.480 e. The third kappa shape index (κ3) is 18.5. The number of carboxylic acids is 1. The molecule has 0 aliphatic carbocycles. The molecule has 2 aromatic carbocycles. The molecule has 0 aromatic heterocycles. The third-order valence-electron chi connectivity index (χ3n) is 7.22. The number of hydrogen-bond donors (Lipinski definition) is 2. The zero-order valence-corrected chi connectivity index (χ0v) is 30.9. The lowest BCUT2D eigenvalue weighted by molar-refractivity contribution is -0.143. The fraction of sp³-hybridized carbons (Fsp3) is 0.611. The highest BCUT2D eigenvalue weighted by Gasteiger charge is 2.50. The molecule has 14 heteroatoms. The van der Waals surface area contributed by atoms with Crippen molar-refractivity contribution < 1.29 is 57.0 Å². The average molecular weight is 724 g/mol. The first-order valence-electron chi connectivity index (χ1n) is 17.1. The second kappa shape index (κ2) is 27.0. The van der Waals surface area contributed by atoms with Crippen molar-refractivity contribution >= 4 is 30.6 Å². The van der Waals surface area contributed by atoms with E-state index >= 15 is 0 Å². The number of carboxylic acid groups (broad SMARTS) is 1. The van der Waals surface area contributed by atoms with Crippen molar-refractivity contribution in [3.8, 4) is 0 Å². The maximum atomic E-state index is 11.4. The van der Waals surface area contributed by atoms with E-state index in [0.717, 1.165) is 0 Å². The van der Waals surface area contributed by atoms with Crippen molar-refractivity contribution in [3.05, 3.63) is 60.7 Å². The third-order valence-corrected chi connectivity index (χ3v) is 12.3. The zero-order chi connectivity index (χ0) is 36.2. The van der Waals surface area contributed by atoms with Gasteiger partial charge in [0.1, 0.15) is 13.2 Å². The summed E-state index contributed by atoms with van der Waals surface area (Å²) in [4.78, 5) is 21.7. The molecule has 0 radical (unpaired) electrons. The summed E-state index contributed by atoms with van der Waals surface area (Å²) in [6.07, 6.45) is 0. The average Bonchev–Trinajstić information content (AvgIpc) is 3.10. The van der Waals surface area contributed by atoms with E-state index in [-0.39, 0.29) is 11.6 Å². The molecule has 50 heavy (non-hydrogen) atoms. The van der Waals surface area contributed by atoms with Crippen LogP contribution in [0.5, 0.6) is 0 Å². The number of nitrogens with one attached hydrogen (secondary N) is 1. The maximum absolute atomic E-state index is 11.4. The van der Waals surface area contributed by atoms with Gasteiger partial charge in [-0.15, -0.1) is 0 Å². The summed E-state index contributed by atoms with van der Waals surface area (Å²) in [5, 5.41) is 13.4. The van der Waals surface area contributed by atoms with Crippen molar-refractivity contribution in [2.75, 3.05) is 119 Å². The summed E-state index contributed by atoms with van der Waals surface area (Å²) in [5.41, 5.74) is 0. The molecule has 0 saturated carbocycles. The van der Waals surface area contributed by atoms with Gasteiger partial charge in [0.2, 0.25) is 5.91 Å². The molecular formula is C36H57NO12Si. The van der Waals surface area contributed by atoms with Crippen LogP contribution in [0.4, 0.5) is 0 Å². The lowest BCUT2D eigenvalue weighted by atomic mass is 10.2. The Morgan fingerprint density at radius 3 is 1.26 bits per heavy atom. The standard InChI is InChI=1S/C36H57NO12Si/c1-36(2,3)50(32-10-6-4-7-11-32,33-12-8-5-9-13-33)49-29-28-47-27-26-46-25-24-45-23-22-44-21-20-43-19-18-42-17-16-41-15-14-37-34(38)30-48-31-35(39)40/h4-13H,14-31H2,1-3H3,(H,37,38)(H,39,40). The predicted octanol–water partition coefficient (Wildman–Crippen LogP) is 1.90. The van der Waals surface area contributed by atoms with Gasteiger partial charge in [-0.05, 0) is 15.4 Å². The predicted molar refractivity (Wildman–Crippen MR) is 191 cm³/mol. The summed E-state index contributed by atoms with van der Waals surface area (Å²) < 4.78 is 50.3. The first-order valence-corrected chi connectivity index (χ1v) is 19.0. The highest BCUT2D eigenvalue weighted by molar-refractivity contribution is 6.99. The summed E-state index contributed by atoms with van der Waals surface area (Å²) in [5.74, 6) is -1.52. The molecule has 0 spiro atoms. The van der Waals surface area contributed by atoms with Crippen molar-refractivity contribution in [2.45, 2.75) is 25.8 Å². The van der Waals surface area contributed by atoms with Gasteiger partial charge in [0.25, 0.3) is 8.32 Å². The van der Waals surface area contributed by atoms with Crippen molar-refractivity contribution in [1.29, 1.82) is 0 Å². The molecule has 0 aliphatic rings. The number of hydrogen-bond acceptors (Lipinski definition) is 11. The summed E-state index contributed by atoms with van der Waals surface area (Å²) in [7, 11) is -2.55. The van der Waals surface area contributed by atoms with Crippen LogP contribution in [0.25, 0.3) is 0 Å². The lowest BCUT2D eigenvalue weighted by Gasteiger charge is -2.43. The van der Waals surface area contributed by atoms with E-state index in [9.17, 15) is 9.59 Å². The zero-order valence-electron chi connectivity index (χ0n) is 29.9. The Morgan fingerprint density at radius 2 is 0.900 bits per heavy atom. The highest BCUT2D eigenvalue weighted by Crippen LogP contribution is 2.36. The van der Waals surface area contributed by atoms with Crippen LogP contribution in [-0.4, -0.2) is 144 Å². The van der Waals surface area contributed by atoms with E-state index in [4.69, 9.17) is 42.7 Å². The minimum Gasteiger partial charge on any atom is -0.480 e. The highest BCUT2D eigenvalue weighted by atomic mass is 28.4. The lowest BCUT2D eigenvalue weighted by Crippen LogP contribution is -2.66. The first kappa shape index (κ1) is 43.4. The van der Waals surface area contributed by atoms with E-state index in [1.165, 1.54) is 10.4 Å². The number of ether oxygens (including phenoxy) is 8. The van der Waals surface area contributed by atoms with Crippen LogP contribution in [0, 0.1) is 0 Å². The van der Waals surface area contributed by atoms with Gasteiger partial charge in [-0.25, -0.2) is 4.79 Å². The molecule has 0 atom stereocenters. The molecule has 13 nitrogen and oxygen atoms in total. The van der Waals surface area contributed by atoms with Crippen molar-refractivity contribution in [1.82, 2.24) is 5.32 Å². The van der Waals surface area contributed by atoms with Gasteiger partial charge in [-0.2, -0.15) is 0 Å². The Bertz CT molecular complexity index is 1100. The van der Waals surface area contributed by atoms with Gasteiger partial charge in [0.05, 0.1) is 99.1 Å². The summed E-state index contributed by atoms with van der Waals surface area (Å²) in [6, 6.07) is 21.2. The molecule has 0 saturated heterocycles.